The Morgan fingerprint density at radius 2 is 1.39 bits per heavy atom. The summed E-state index contributed by atoms with van der Waals surface area (Å²) in [5, 5.41) is 13.7. The van der Waals surface area contributed by atoms with Crippen molar-refractivity contribution in [2.45, 2.75) is 24.7 Å². The predicted molar refractivity (Wildman–Crippen MR) is 144 cm³/mol. The van der Waals surface area contributed by atoms with Gasteiger partial charge in [0.25, 0.3) is 0 Å². The van der Waals surface area contributed by atoms with Crippen molar-refractivity contribution >= 4 is 38.2 Å². The van der Waals surface area contributed by atoms with Gasteiger partial charge in [-0.3, -0.25) is 9.59 Å². The minimum absolute atomic E-state index is 0.159. The number of benzene rings is 4. The topological polar surface area (TPSA) is 101 Å². The maximum absolute atomic E-state index is 11.8. The number of carboxylic acid groups (broad SMARTS) is 1. The zero-order chi connectivity index (χ0) is 26.1. The lowest BCUT2D eigenvalue weighted by Crippen LogP contribution is -2.16. The lowest BCUT2D eigenvalue weighted by Gasteiger charge is -2.08. The number of anilines is 1. The van der Waals surface area contributed by atoms with Gasteiger partial charge in [0.1, 0.15) is 0 Å². The van der Waals surface area contributed by atoms with Crippen LogP contribution in [0, 0.1) is 5.92 Å². The number of carboxylic acids is 1. The van der Waals surface area contributed by atoms with Gasteiger partial charge in [-0.05, 0) is 52.6 Å². The highest BCUT2D eigenvalue weighted by Gasteiger charge is 2.13. The van der Waals surface area contributed by atoms with E-state index in [1.165, 1.54) is 6.26 Å². The molecule has 4 rings (SSSR count). The van der Waals surface area contributed by atoms with E-state index in [2.05, 4.69) is 5.32 Å². The molecule has 0 aliphatic heterocycles. The fourth-order valence-corrected chi connectivity index (χ4v) is 4.12. The maximum atomic E-state index is 11.8. The molecular formula is C29H29NO5S. The third-order valence-corrected chi connectivity index (χ3v) is 6.78. The summed E-state index contributed by atoms with van der Waals surface area (Å²) in [4.78, 5) is 22.8. The van der Waals surface area contributed by atoms with E-state index in [4.69, 9.17) is 5.11 Å². The second-order valence-corrected chi connectivity index (χ2v) is 10.6. The molecule has 0 saturated heterocycles. The highest BCUT2D eigenvalue weighted by atomic mass is 32.2. The number of nitrogens with one attached hydrogen (secondary N) is 1. The van der Waals surface area contributed by atoms with E-state index in [-0.39, 0.29) is 12.3 Å². The Hall–Kier alpha value is -3.97. The monoisotopic (exact) mass is 503 g/mol. The lowest BCUT2D eigenvalue weighted by atomic mass is 10.1. The van der Waals surface area contributed by atoms with Crippen molar-refractivity contribution in [3.05, 3.63) is 97.1 Å². The molecule has 0 aromatic heterocycles. The Balaban J connectivity index is 0.000000205. The van der Waals surface area contributed by atoms with Crippen LogP contribution in [0.1, 0.15) is 19.8 Å². The van der Waals surface area contributed by atoms with Crippen molar-refractivity contribution in [2.75, 3.05) is 11.6 Å². The van der Waals surface area contributed by atoms with Gasteiger partial charge in [-0.2, -0.15) is 0 Å². The first-order valence-corrected chi connectivity index (χ1v) is 13.4. The van der Waals surface area contributed by atoms with Crippen LogP contribution >= 0.6 is 0 Å². The van der Waals surface area contributed by atoms with Crippen LogP contribution in [0.3, 0.4) is 0 Å². The summed E-state index contributed by atoms with van der Waals surface area (Å²) < 4.78 is 22.6. The van der Waals surface area contributed by atoms with Crippen LogP contribution in [0.15, 0.2) is 102 Å². The SMILES string of the molecule is CS(=O)(=O)c1ccc(-c2ccccc2)cc1.C[C@@H](CCC(=O)Nc1ccc2ccccc2c1)C(=O)O. The molecule has 0 bridgehead atoms. The Labute approximate surface area is 211 Å². The molecule has 186 valence electrons. The van der Waals surface area contributed by atoms with Crippen LogP contribution in [0.25, 0.3) is 21.9 Å². The summed E-state index contributed by atoms with van der Waals surface area (Å²) in [6.07, 6.45) is 1.76. The first kappa shape index (κ1) is 26.6. The lowest BCUT2D eigenvalue weighted by molar-refractivity contribution is -0.141. The summed E-state index contributed by atoms with van der Waals surface area (Å²) in [6, 6.07) is 30.4. The highest BCUT2D eigenvalue weighted by molar-refractivity contribution is 7.90. The maximum Gasteiger partial charge on any atom is 0.306 e. The van der Waals surface area contributed by atoms with E-state index in [0.717, 1.165) is 27.6 Å². The second kappa shape index (κ2) is 12.1. The van der Waals surface area contributed by atoms with Crippen LogP contribution < -0.4 is 5.32 Å². The third-order valence-electron chi connectivity index (χ3n) is 5.65. The summed E-state index contributed by atoms with van der Waals surface area (Å²) in [7, 11) is -3.10. The molecular weight excluding hydrogens is 474 g/mol. The number of aliphatic carboxylic acids is 1. The Morgan fingerprint density at radius 1 is 0.806 bits per heavy atom. The van der Waals surface area contributed by atoms with Gasteiger partial charge < -0.3 is 10.4 Å². The number of sulfone groups is 1. The third kappa shape index (κ3) is 7.78. The summed E-state index contributed by atoms with van der Waals surface area (Å²) in [6.45, 7) is 1.60. The minimum Gasteiger partial charge on any atom is -0.481 e. The normalized spacial score (nSPS) is 11.7. The fourth-order valence-electron chi connectivity index (χ4n) is 3.49. The largest absolute Gasteiger partial charge is 0.481 e. The Morgan fingerprint density at radius 3 is 2.00 bits per heavy atom. The molecule has 0 saturated carbocycles. The molecule has 1 atom stereocenters. The summed E-state index contributed by atoms with van der Waals surface area (Å²) >= 11 is 0. The first-order valence-electron chi connectivity index (χ1n) is 11.5. The van der Waals surface area contributed by atoms with Crippen LogP contribution in [0.5, 0.6) is 0 Å². The van der Waals surface area contributed by atoms with Crippen LogP contribution in [0.2, 0.25) is 0 Å². The summed E-state index contributed by atoms with van der Waals surface area (Å²) in [5.74, 6) is -1.53. The van der Waals surface area contributed by atoms with Crippen molar-refractivity contribution in [1.82, 2.24) is 0 Å². The molecule has 2 N–H and O–H groups in total. The molecule has 4 aromatic rings. The van der Waals surface area contributed by atoms with Gasteiger partial charge in [-0.15, -0.1) is 0 Å². The molecule has 0 heterocycles. The van der Waals surface area contributed by atoms with Crippen LogP contribution in [-0.4, -0.2) is 31.7 Å². The average molecular weight is 504 g/mol. The van der Waals surface area contributed by atoms with Crippen molar-refractivity contribution in [2.24, 2.45) is 5.92 Å². The van der Waals surface area contributed by atoms with Gasteiger partial charge in [0.15, 0.2) is 9.84 Å². The van der Waals surface area contributed by atoms with Gasteiger partial charge in [0.05, 0.1) is 10.8 Å². The van der Waals surface area contributed by atoms with Gasteiger partial charge in [0.2, 0.25) is 5.91 Å². The smallest absolute Gasteiger partial charge is 0.306 e. The van der Waals surface area contributed by atoms with Crippen molar-refractivity contribution in [3.63, 3.8) is 0 Å². The number of hydrogen-bond donors (Lipinski definition) is 2. The predicted octanol–water partition coefficient (Wildman–Crippen LogP) is 6.04. The highest BCUT2D eigenvalue weighted by Crippen LogP contribution is 2.21. The number of hydrogen-bond acceptors (Lipinski definition) is 4. The van der Waals surface area contributed by atoms with Crippen LogP contribution in [0.4, 0.5) is 5.69 Å². The number of rotatable bonds is 7. The molecule has 0 spiro atoms. The van der Waals surface area contributed by atoms with E-state index in [1.807, 2.05) is 84.9 Å². The Bertz CT molecular complexity index is 1430. The molecule has 6 nitrogen and oxygen atoms in total. The number of carbonyl (C=O) groups is 2. The zero-order valence-electron chi connectivity index (χ0n) is 20.2. The van der Waals surface area contributed by atoms with E-state index in [1.54, 1.807) is 19.1 Å². The van der Waals surface area contributed by atoms with Crippen molar-refractivity contribution < 1.29 is 23.1 Å². The number of carbonyl (C=O) groups excluding carboxylic acids is 1. The van der Waals surface area contributed by atoms with Gasteiger partial charge in [-0.1, -0.05) is 79.7 Å². The molecule has 7 heteroatoms. The Kier molecular flexibility index (Phi) is 8.97. The summed E-state index contributed by atoms with van der Waals surface area (Å²) in [5.41, 5.74) is 2.84. The molecule has 0 radical (unpaired) electrons. The van der Waals surface area contributed by atoms with Crippen molar-refractivity contribution in [1.29, 1.82) is 0 Å². The van der Waals surface area contributed by atoms with E-state index < -0.39 is 21.7 Å². The quantitative estimate of drug-likeness (QED) is 0.320. The zero-order valence-corrected chi connectivity index (χ0v) is 21.0. The molecule has 0 aliphatic rings. The molecule has 1 amide bonds. The average Bonchev–Trinajstić information content (AvgIpc) is 2.87. The second-order valence-electron chi connectivity index (χ2n) is 8.55. The molecule has 4 aromatic carbocycles. The minimum atomic E-state index is -3.10. The van der Waals surface area contributed by atoms with Gasteiger partial charge in [-0.25, -0.2) is 8.42 Å². The molecule has 0 aliphatic carbocycles. The van der Waals surface area contributed by atoms with Gasteiger partial charge >= 0.3 is 5.97 Å². The fraction of sp³-hybridized carbons (Fsp3) is 0.172. The van der Waals surface area contributed by atoms with E-state index in [9.17, 15) is 18.0 Å². The van der Waals surface area contributed by atoms with Crippen molar-refractivity contribution in [3.8, 4) is 11.1 Å². The van der Waals surface area contributed by atoms with Gasteiger partial charge in [0, 0.05) is 18.4 Å². The first-order chi connectivity index (χ1) is 17.1. The number of fused-ring (bicyclic) bond motifs is 1. The molecule has 36 heavy (non-hydrogen) atoms. The standard InChI is InChI=1S/C16H17NO3.C13H12O2S/c1-11(16(19)20)6-9-15(18)17-14-8-7-12-4-2-3-5-13(12)10-14;1-16(14,15)13-9-7-12(8-10-13)11-5-3-2-4-6-11/h2-5,7-8,10-11H,6,9H2,1H3,(H,17,18)(H,19,20);2-10H,1H3/t11-;/m0./s1. The van der Waals surface area contributed by atoms with Crippen LogP contribution in [-0.2, 0) is 19.4 Å². The number of amides is 1. The molecule has 0 fully saturated rings. The van der Waals surface area contributed by atoms with E-state index in [0.29, 0.717) is 11.3 Å². The van der Waals surface area contributed by atoms with E-state index >= 15 is 0 Å². The molecule has 0 unspecified atom stereocenters.